The van der Waals surface area contributed by atoms with Crippen molar-refractivity contribution in [1.29, 1.82) is 0 Å². The molecule has 0 bridgehead atoms. The molecule has 0 aliphatic rings. The van der Waals surface area contributed by atoms with Crippen LogP contribution in [0.5, 0.6) is 0 Å². The SMILES string of the molecule is CCNCc1ccc(SCCOC)cc1C(F)(F)F. The molecule has 108 valence electrons. The Labute approximate surface area is 115 Å². The van der Waals surface area contributed by atoms with E-state index in [4.69, 9.17) is 4.74 Å². The highest BCUT2D eigenvalue weighted by Crippen LogP contribution is 2.34. The van der Waals surface area contributed by atoms with E-state index in [1.165, 1.54) is 17.8 Å². The van der Waals surface area contributed by atoms with E-state index in [1.807, 2.05) is 6.92 Å². The molecular formula is C13H18F3NOS. The maximum atomic E-state index is 13.0. The number of nitrogens with one attached hydrogen (secondary N) is 1. The van der Waals surface area contributed by atoms with Crippen LogP contribution in [0.2, 0.25) is 0 Å². The Morgan fingerprint density at radius 2 is 2.05 bits per heavy atom. The third-order valence-electron chi connectivity index (χ3n) is 2.51. The van der Waals surface area contributed by atoms with E-state index in [-0.39, 0.29) is 12.1 Å². The first-order valence-corrected chi connectivity index (χ1v) is 7.00. The predicted molar refractivity (Wildman–Crippen MR) is 71.4 cm³/mol. The monoisotopic (exact) mass is 293 g/mol. The molecule has 1 rings (SSSR count). The Bertz CT molecular complexity index is 396. The maximum absolute atomic E-state index is 13.0. The van der Waals surface area contributed by atoms with Crippen molar-refractivity contribution in [2.45, 2.75) is 24.5 Å². The van der Waals surface area contributed by atoms with Gasteiger partial charge < -0.3 is 10.1 Å². The highest BCUT2D eigenvalue weighted by molar-refractivity contribution is 7.99. The number of hydrogen-bond donors (Lipinski definition) is 1. The zero-order valence-electron chi connectivity index (χ0n) is 11.0. The third kappa shape index (κ3) is 5.42. The van der Waals surface area contributed by atoms with Gasteiger partial charge in [-0.25, -0.2) is 0 Å². The van der Waals surface area contributed by atoms with Gasteiger partial charge in [-0.05, 0) is 24.2 Å². The summed E-state index contributed by atoms with van der Waals surface area (Å²) in [5, 5.41) is 2.92. The van der Waals surface area contributed by atoms with Gasteiger partial charge in [-0.15, -0.1) is 11.8 Å². The summed E-state index contributed by atoms with van der Waals surface area (Å²) in [6.45, 7) is 3.25. The summed E-state index contributed by atoms with van der Waals surface area (Å²) in [6, 6.07) is 4.48. The van der Waals surface area contributed by atoms with E-state index in [2.05, 4.69) is 5.32 Å². The molecule has 0 saturated heterocycles. The quantitative estimate of drug-likeness (QED) is 0.613. The third-order valence-corrected chi connectivity index (χ3v) is 3.47. The highest BCUT2D eigenvalue weighted by atomic mass is 32.2. The van der Waals surface area contributed by atoms with Crippen LogP contribution in [0, 0.1) is 0 Å². The van der Waals surface area contributed by atoms with Gasteiger partial charge in [-0.1, -0.05) is 13.0 Å². The topological polar surface area (TPSA) is 21.3 Å². The normalized spacial score (nSPS) is 11.8. The summed E-state index contributed by atoms with van der Waals surface area (Å²) >= 11 is 1.36. The second-order valence-corrected chi connectivity index (χ2v) is 5.11. The lowest BCUT2D eigenvalue weighted by molar-refractivity contribution is -0.138. The lowest BCUT2D eigenvalue weighted by atomic mass is 10.1. The molecular weight excluding hydrogens is 275 g/mol. The fourth-order valence-electron chi connectivity index (χ4n) is 1.57. The summed E-state index contributed by atoms with van der Waals surface area (Å²) in [6.07, 6.45) is -4.32. The van der Waals surface area contributed by atoms with Gasteiger partial charge in [0, 0.05) is 24.3 Å². The van der Waals surface area contributed by atoms with Crippen LogP contribution < -0.4 is 5.32 Å². The summed E-state index contributed by atoms with van der Waals surface area (Å²) in [5.74, 6) is 0.639. The van der Waals surface area contributed by atoms with Crippen LogP contribution in [0.3, 0.4) is 0 Å². The summed E-state index contributed by atoms with van der Waals surface area (Å²) < 4.78 is 43.8. The molecule has 0 aromatic heterocycles. The fraction of sp³-hybridized carbons (Fsp3) is 0.538. The molecule has 0 saturated carbocycles. The molecule has 0 aliphatic heterocycles. The van der Waals surface area contributed by atoms with Crippen LogP contribution in [0.25, 0.3) is 0 Å². The van der Waals surface area contributed by atoms with Gasteiger partial charge in [0.2, 0.25) is 0 Å². The van der Waals surface area contributed by atoms with Gasteiger partial charge in [-0.2, -0.15) is 13.2 Å². The maximum Gasteiger partial charge on any atom is 0.416 e. The van der Waals surface area contributed by atoms with Gasteiger partial charge >= 0.3 is 6.18 Å². The molecule has 0 unspecified atom stereocenters. The zero-order valence-corrected chi connectivity index (χ0v) is 11.8. The number of rotatable bonds is 7. The van der Waals surface area contributed by atoms with Crippen molar-refractivity contribution in [3.05, 3.63) is 29.3 Å². The van der Waals surface area contributed by atoms with E-state index in [9.17, 15) is 13.2 Å². The van der Waals surface area contributed by atoms with E-state index in [0.29, 0.717) is 23.8 Å². The van der Waals surface area contributed by atoms with Crippen molar-refractivity contribution < 1.29 is 17.9 Å². The van der Waals surface area contributed by atoms with Gasteiger partial charge in [0.25, 0.3) is 0 Å². The molecule has 0 atom stereocenters. The van der Waals surface area contributed by atoms with Gasteiger partial charge in [-0.3, -0.25) is 0 Å². The molecule has 0 spiro atoms. The molecule has 0 fully saturated rings. The zero-order chi connectivity index (χ0) is 14.3. The number of methoxy groups -OCH3 is 1. The fourth-order valence-corrected chi connectivity index (χ4v) is 2.42. The van der Waals surface area contributed by atoms with Crippen LogP contribution in [0.1, 0.15) is 18.1 Å². The minimum atomic E-state index is -4.32. The average Bonchev–Trinajstić information content (AvgIpc) is 2.36. The second-order valence-electron chi connectivity index (χ2n) is 3.94. The van der Waals surface area contributed by atoms with Crippen molar-refractivity contribution >= 4 is 11.8 Å². The molecule has 0 amide bonds. The van der Waals surface area contributed by atoms with E-state index < -0.39 is 11.7 Å². The van der Waals surface area contributed by atoms with Crippen LogP contribution >= 0.6 is 11.8 Å². The number of alkyl halides is 3. The highest BCUT2D eigenvalue weighted by Gasteiger charge is 2.33. The van der Waals surface area contributed by atoms with Crippen LogP contribution in [0.4, 0.5) is 13.2 Å². The van der Waals surface area contributed by atoms with Crippen LogP contribution in [0.15, 0.2) is 23.1 Å². The Kier molecular flexibility index (Phi) is 6.68. The molecule has 1 aromatic rings. The van der Waals surface area contributed by atoms with Crippen molar-refractivity contribution in [2.24, 2.45) is 0 Å². The molecule has 19 heavy (non-hydrogen) atoms. The van der Waals surface area contributed by atoms with E-state index in [1.54, 1.807) is 19.2 Å². The summed E-state index contributed by atoms with van der Waals surface area (Å²) in [4.78, 5) is 0.615. The minimum absolute atomic E-state index is 0.231. The number of ether oxygens (including phenoxy) is 1. The largest absolute Gasteiger partial charge is 0.416 e. The molecule has 1 N–H and O–H groups in total. The van der Waals surface area contributed by atoms with Gasteiger partial charge in [0.1, 0.15) is 0 Å². The number of hydrogen-bond acceptors (Lipinski definition) is 3. The van der Waals surface area contributed by atoms with E-state index >= 15 is 0 Å². The standard InChI is InChI=1S/C13H18F3NOS/c1-3-17-9-10-4-5-11(19-7-6-18-2)8-12(10)13(14,15)16/h4-5,8,17H,3,6-7,9H2,1-2H3. The molecule has 0 radical (unpaired) electrons. The number of halogens is 3. The van der Waals surface area contributed by atoms with Crippen molar-refractivity contribution in [2.75, 3.05) is 26.0 Å². The predicted octanol–water partition coefficient (Wildman–Crippen LogP) is 3.55. The van der Waals surface area contributed by atoms with Crippen molar-refractivity contribution in [3.8, 4) is 0 Å². The second kappa shape index (κ2) is 7.77. The first-order valence-electron chi connectivity index (χ1n) is 6.01. The lowest BCUT2D eigenvalue weighted by Gasteiger charge is -2.14. The molecule has 2 nitrogen and oxygen atoms in total. The van der Waals surface area contributed by atoms with Gasteiger partial charge in [0.05, 0.1) is 12.2 Å². The first-order chi connectivity index (χ1) is 8.99. The van der Waals surface area contributed by atoms with Crippen LogP contribution in [-0.2, 0) is 17.5 Å². The van der Waals surface area contributed by atoms with Crippen molar-refractivity contribution in [1.82, 2.24) is 5.32 Å². The van der Waals surface area contributed by atoms with Crippen LogP contribution in [-0.4, -0.2) is 26.0 Å². The summed E-state index contributed by atoms with van der Waals surface area (Å²) in [7, 11) is 1.57. The molecule has 0 aliphatic carbocycles. The molecule has 1 aromatic carbocycles. The minimum Gasteiger partial charge on any atom is -0.384 e. The Morgan fingerprint density at radius 1 is 1.32 bits per heavy atom. The number of thioether (sulfide) groups is 1. The Balaban J connectivity index is 2.88. The molecule has 0 heterocycles. The lowest BCUT2D eigenvalue weighted by Crippen LogP contribution is -2.17. The number of benzene rings is 1. The smallest absolute Gasteiger partial charge is 0.384 e. The van der Waals surface area contributed by atoms with Gasteiger partial charge in [0.15, 0.2) is 0 Å². The van der Waals surface area contributed by atoms with E-state index in [0.717, 1.165) is 0 Å². The molecule has 6 heteroatoms. The Morgan fingerprint density at radius 3 is 2.63 bits per heavy atom. The first kappa shape index (κ1) is 16.3. The van der Waals surface area contributed by atoms with Crippen molar-refractivity contribution in [3.63, 3.8) is 0 Å². The average molecular weight is 293 g/mol. The summed E-state index contributed by atoms with van der Waals surface area (Å²) in [5.41, 5.74) is -0.277. The Hall–Kier alpha value is -0.720.